The standard InChI is InChI=1S/C14H18BrNO3/c15-10-4-5-12(14(17)18)13(9-10)16-7-6-11-3-1-2-8-19-11/h4-5,9,11,16H,1-3,6-8H2,(H,17,18). The third kappa shape index (κ3) is 4.21. The molecule has 2 N–H and O–H groups in total. The van der Waals surface area contributed by atoms with Crippen molar-refractivity contribution in [2.24, 2.45) is 0 Å². The molecule has 104 valence electrons. The van der Waals surface area contributed by atoms with Gasteiger partial charge < -0.3 is 15.2 Å². The van der Waals surface area contributed by atoms with Crippen molar-refractivity contribution in [3.8, 4) is 0 Å². The van der Waals surface area contributed by atoms with Gasteiger partial charge in [0.2, 0.25) is 0 Å². The molecule has 1 aliphatic heterocycles. The van der Waals surface area contributed by atoms with Crippen LogP contribution in [0, 0.1) is 0 Å². The number of anilines is 1. The summed E-state index contributed by atoms with van der Waals surface area (Å²) in [7, 11) is 0. The Hall–Kier alpha value is -1.07. The average Bonchev–Trinajstić information content (AvgIpc) is 2.39. The molecule has 1 aromatic carbocycles. The van der Waals surface area contributed by atoms with Crippen LogP contribution in [0.15, 0.2) is 22.7 Å². The fourth-order valence-electron chi connectivity index (χ4n) is 2.25. The van der Waals surface area contributed by atoms with Crippen molar-refractivity contribution in [1.82, 2.24) is 0 Å². The second kappa shape index (κ2) is 6.91. The van der Waals surface area contributed by atoms with Gasteiger partial charge >= 0.3 is 5.97 Å². The Labute approximate surface area is 121 Å². The van der Waals surface area contributed by atoms with Gasteiger partial charge in [-0.1, -0.05) is 15.9 Å². The number of carbonyl (C=O) groups is 1. The molecule has 0 spiro atoms. The van der Waals surface area contributed by atoms with E-state index in [4.69, 9.17) is 9.84 Å². The van der Waals surface area contributed by atoms with Gasteiger partial charge in [-0.25, -0.2) is 4.79 Å². The van der Waals surface area contributed by atoms with Crippen LogP contribution in [0.2, 0.25) is 0 Å². The van der Waals surface area contributed by atoms with E-state index < -0.39 is 5.97 Å². The first kappa shape index (κ1) is 14.3. The minimum absolute atomic E-state index is 0.299. The number of ether oxygens (including phenoxy) is 1. The molecule has 19 heavy (non-hydrogen) atoms. The lowest BCUT2D eigenvalue weighted by atomic mass is 10.1. The number of carboxylic acid groups (broad SMARTS) is 1. The van der Waals surface area contributed by atoms with E-state index in [2.05, 4.69) is 21.2 Å². The Morgan fingerprint density at radius 2 is 2.32 bits per heavy atom. The maximum absolute atomic E-state index is 11.1. The highest BCUT2D eigenvalue weighted by Gasteiger charge is 2.14. The van der Waals surface area contributed by atoms with E-state index in [1.165, 1.54) is 6.42 Å². The second-order valence-corrected chi connectivity index (χ2v) is 5.61. The van der Waals surface area contributed by atoms with Gasteiger partial charge in [-0.3, -0.25) is 0 Å². The fourth-order valence-corrected chi connectivity index (χ4v) is 2.61. The highest BCUT2D eigenvalue weighted by molar-refractivity contribution is 9.10. The van der Waals surface area contributed by atoms with Crippen LogP contribution in [0.3, 0.4) is 0 Å². The van der Waals surface area contributed by atoms with Crippen molar-refractivity contribution >= 4 is 27.6 Å². The van der Waals surface area contributed by atoms with E-state index in [1.807, 2.05) is 0 Å². The summed E-state index contributed by atoms with van der Waals surface area (Å²) in [6, 6.07) is 5.13. The molecule has 1 atom stereocenters. The van der Waals surface area contributed by atoms with Crippen LogP contribution in [0.5, 0.6) is 0 Å². The molecular formula is C14H18BrNO3. The van der Waals surface area contributed by atoms with Gasteiger partial charge in [0.1, 0.15) is 0 Å². The molecule has 5 heteroatoms. The predicted octanol–water partition coefficient (Wildman–Crippen LogP) is 3.52. The smallest absolute Gasteiger partial charge is 0.337 e. The van der Waals surface area contributed by atoms with Gasteiger partial charge in [0.15, 0.2) is 0 Å². The van der Waals surface area contributed by atoms with Crippen molar-refractivity contribution in [2.75, 3.05) is 18.5 Å². The van der Waals surface area contributed by atoms with Crippen LogP contribution in [0.4, 0.5) is 5.69 Å². The summed E-state index contributed by atoms with van der Waals surface area (Å²) in [5.74, 6) is -0.913. The highest BCUT2D eigenvalue weighted by Crippen LogP contribution is 2.22. The quantitative estimate of drug-likeness (QED) is 0.868. The minimum Gasteiger partial charge on any atom is -0.478 e. The lowest BCUT2D eigenvalue weighted by Gasteiger charge is -2.22. The van der Waals surface area contributed by atoms with Crippen molar-refractivity contribution in [3.05, 3.63) is 28.2 Å². The summed E-state index contributed by atoms with van der Waals surface area (Å²) in [5.41, 5.74) is 0.949. The van der Waals surface area contributed by atoms with E-state index in [9.17, 15) is 4.79 Å². The zero-order chi connectivity index (χ0) is 13.7. The van der Waals surface area contributed by atoms with Crippen LogP contribution in [0.25, 0.3) is 0 Å². The molecule has 1 fully saturated rings. The lowest BCUT2D eigenvalue weighted by molar-refractivity contribution is 0.0134. The van der Waals surface area contributed by atoms with Crippen LogP contribution in [-0.2, 0) is 4.74 Å². The number of aromatic carboxylic acids is 1. The zero-order valence-corrected chi connectivity index (χ0v) is 12.3. The Morgan fingerprint density at radius 3 is 3.00 bits per heavy atom. The molecule has 1 unspecified atom stereocenters. The lowest BCUT2D eigenvalue weighted by Crippen LogP contribution is -2.22. The summed E-state index contributed by atoms with van der Waals surface area (Å²) in [6.07, 6.45) is 4.69. The number of nitrogens with one attached hydrogen (secondary N) is 1. The largest absolute Gasteiger partial charge is 0.478 e. The van der Waals surface area contributed by atoms with Crippen LogP contribution in [0.1, 0.15) is 36.0 Å². The van der Waals surface area contributed by atoms with Crippen molar-refractivity contribution in [3.63, 3.8) is 0 Å². The Balaban J connectivity index is 1.91. The molecule has 1 aliphatic rings. The Bertz CT molecular complexity index is 444. The molecule has 1 saturated heterocycles. The summed E-state index contributed by atoms with van der Waals surface area (Å²) < 4.78 is 6.52. The van der Waals surface area contributed by atoms with E-state index in [0.717, 1.165) is 36.9 Å². The molecule has 0 saturated carbocycles. The monoisotopic (exact) mass is 327 g/mol. The van der Waals surface area contributed by atoms with Gasteiger partial charge in [0.25, 0.3) is 0 Å². The van der Waals surface area contributed by atoms with Crippen molar-refractivity contribution in [1.29, 1.82) is 0 Å². The van der Waals surface area contributed by atoms with Gasteiger partial charge in [-0.15, -0.1) is 0 Å². The van der Waals surface area contributed by atoms with E-state index >= 15 is 0 Å². The van der Waals surface area contributed by atoms with Crippen LogP contribution in [-0.4, -0.2) is 30.3 Å². The van der Waals surface area contributed by atoms with E-state index in [0.29, 0.717) is 17.4 Å². The summed E-state index contributed by atoms with van der Waals surface area (Å²) in [6.45, 7) is 1.57. The molecule has 0 radical (unpaired) electrons. The number of carboxylic acids is 1. The SMILES string of the molecule is O=C(O)c1ccc(Br)cc1NCCC1CCCCO1. The maximum atomic E-state index is 11.1. The number of rotatable bonds is 5. The maximum Gasteiger partial charge on any atom is 0.337 e. The topological polar surface area (TPSA) is 58.6 Å². The van der Waals surface area contributed by atoms with Crippen molar-refractivity contribution in [2.45, 2.75) is 31.8 Å². The minimum atomic E-state index is -0.913. The third-order valence-corrected chi connectivity index (χ3v) is 3.76. The molecular weight excluding hydrogens is 310 g/mol. The Kier molecular flexibility index (Phi) is 5.22. The highest BCUT2D eigenvalue weighted by atomic mass is 79.9. The molecule has 0 amide bonds. The summed E-state index contributed by atoms with van der Waals surface area (Å²) in [4.78, 5) is 11.1. The zero-order valence-electron chi connectivity index (χ0n) is 10.7. The van der Waals surface area contributed by atoms with Gasteiger partial charge in [-0.05, 0) is 43.9 Å². The third-order valence-electron chi connectivity index (χ3n) is 3.27. The number of halogens is 1. The van der Waals surface area contributed by atoms with Crippen LogP contribution >= 0.6 is 15.9 Å². The molecule has 1 aromatic rings. The number of benzene rings is 1. The van der Waals surface area contributed by atoms with E-state index in [-0.39, 0.29) is 0 Å². The molecule has 0 bridgehead atoms. The normalized spacial score (nSPS) is 19.1. The van der Waals surface area contributed by atoms with E-state index in [1.54, 1.807) is 18.2 Å². The first-order valence-corrected chi connectivity index (χ1v) is 7.34. The fraction of sp³-hybridized carbons (Fsp3) is 0.500. The van der Waals surface area contributed by atoms with Crippen LogP contribution < -0.4 is 5.32 Å². The summed E-state index contributed by atoms with van der Waals surface area (Å²) in [5, 5.41) is 12.3. The first-order chi connectivity index (χ1) is 9.16. The van der Waals surface area contributed by atoms with Gasteiger partial charge in [0, 0.05) is 23.3 Å². The number of hydrogen-bond acceptors (Lipinski definition) is 3. The van der Waals surface area contributed by atoms with Gasteiger partial charge in [0.05, 0.1) is 11.7 Å². The van der Waals surface area contributed by atoms with Crippen molar-refractivity contribution < 1.29 is 14.6 Å². The molecule has 1 heterocycles. The predicted molar refractivity (Wildman–Crippen MR) is 77.8 cm³/mol. The molecule has 0 aromatic heterocycles. The number of hydrogen-bond donors (Lipinski definition) is 2. The molecule has 0 aliphatic carbocycles. The molecule has 2 rings (SSSR count). The summed E-state index contributed by atoms with van der Waals surface area (Å²) >= 11 is 3.36. The first-order valence-electron chi connectivity index (χ1n) is 6.55. The second-order valence-electron chi connectivity index (χ2n) is 4.70. The van der Waals surface area contributed by atoms with Gasteiger partial charge in [-0.2, -0.15) is 0 Å². The average molecular weight is 328 g/mol. The Morgan fingerprint density at radius 1 is 1.47 bits per heavy atom. The molecule has 4 nitrogen and oxygen atoms in total.